The summed E-state index contributed by atoms with van der Waals surface area (Å²) in [4.78, 5) is 1.42. The number of aryl methyl sites for hydroxylation is 1. The number of tetrazole rings is 1. The number of benzene rings is 1. The second-order valence-electron chi connectivity index (χ2n) is 3.61. The molecule has 7 heteroatoms. The van der Waals surface area contributed by atoms with Gasteiger partial charge in [-0.15, -0.1) is 10.2 Å². The second kappa shape index (κ2) is 5.35. The number of hydrogen-bond donors (Lipinski definition) is 1. The summed E-state index contributed by atoms with van der Waals surface area (Å²) in [7, 11) is 4.95. The lowest BCUT2D eigenvalue weighted by Gasteiger charge is -2.11. The highest BCUT2D eigenvalue weighted by Crippen LogP contribution is 2.29. The van der Waals surface area contributed by atoms with E-state index in [-0.39, 0.29) is 0 Å². The van der Waals surface area contributed by atoms with Crippen LogP contribution in [0.1, 0.15) is 5.82 Å². The highest BCUT2D eigenvalue weighted by atomic mass is 16.5. The van der Waals surface area contributed by atoms with Gasteiger partial charge in [0.2, 0.25) is 0 Å². The number of nitrogens with zero attached hydrogens (tertiary/aromatic N) is 4. The second-order valence-corrected chi connectivity index (χ2v) is 3.61. The predicted octanol–water partition coefficient (Wildman–Crippen LogP) is 0.839. The van der Waals surface area contributed by atoms with Gasteiger partial charge < -0.3 is 14.8 Å². The molecule has 0 aliphatic heterocycles. The molecule has 0 unspecified atom stereocenters. The molecule has 1 aromatic heterocycles. The van der Waals surface area contributed by atoms with E-state index in [2.05, 4.69) is 20.7 Å². The lowest BCUT2D eigenvalue weighted by Crippen LogP contribution is -2.03. The number of rotatable bonds is 5. The molecular formula is C11H15N5O2. The summed E-state index contributed by atoms with van der Waals surface area (Å²) < 4.78 is 10.4. The maximum absolute atomic E-state index is 5.28. The third-order valence-electron chi connectivity index (χ3n) is 2.40. The summed E-state index contributed by atoms with van der Waals surface area (Å²) >= 11 is 0. The first-order chi connectivity index (χ1) is 8.72. The number of aromatic nitrogens is 4. The van der Waals surface area contributed by atoms with Crippen molar-refractivity contribution in [1.29, 1.82) is 0 Å². The Balaban J connectivity index is 2.08. The highest BCUT2D eigenvalue weighted by molar-refractivity contribution is 5.59. The molecule has 2 aromatic rings. The molecule has 0 atom stereocenters. The van der Waals surface area contributed by atoms with Crippen LogP contribution in [-0.4, -0.2) is 34.4 Å². The average Bonchev–Trinajstić information content (AvgIpc) is 2.82. The Morgan fingerprint density at radius 1 is 1.28 bits per heavy atom. The minimum atomic E-state index is 0.483. The number of ether oxygens (including phenoxy) is 2. The molecule has 0 aliphatic rings. The van der Waals surface area contributed by atoms with Gasteiger partial charge in [-0.05, 0) is 17.3 Å². The largest absolute Gasteiger partial charge is 0.497 e. The highest BCUT2D eigenvalue weighted by Gasteiger charge is 2.06. The molecule has 2 rings (SSSR count). The predicted molar refractivity (Wildman–Crippen MR) is 65.7 cm³/mol. The van der Waals surface area contributed by atoms with Gasteiger partial charge in [-0.2, -0.15) is 4.80 Å². The minimum Gasteiger partial charge on any atom is -0.497 e. The summed E-state index contributed by atoms with van der Waals surface area (Å²) in [5.74, 6) is 2.07. The Kier molecular flexibility index (Phi) is 3.61. The van der Waals surface area contributed by atoms with Crippen LogP contribution >= 0.6 is 0 Å². The van der Waals surface area contributed by atoms with Gasteiger partial charge in [-0.1, -0.05) is 0 Å². The van der Waals surface area contributed by atoms with Crippen LogP contribution in [0.4, 0.5) is 5.69 Å². The molecular weight excluding hydrogens is 234 g/mol. The van der Waals surface area contributed by atoms with Crippen molar-refractivity contribution in [3.05, 3.63) is 24.0 Å². The van der Waals surface area contributed by atoms with Crippen LogP contribution < -0.4 is 14.8 Å². The molecule has 0 spiro atoms. The van der Waals surface area contributed by atoms with Gasteiger partial charge in [0.25, 0.3) is 0 Å². The van der Waals surface area contributed by atoms with Gasteiger partial charge in [0.1, 0.15) is 11.5 Å². The van der Waals surface area contributed by atoms with Gasteiger partial charge in [-0.3, -0.25) is 0 Å². The monoisotopic (exact) mass is 249 g/mol. The van der Waals surface area contributed by atoms with Crippen molar-refractivity contribution >= 4 is 5.69 Å². The van der Waals surface area contributed by atoms with E-state index < -0.39 is 0 Å². The van der Waals surface area contributed by atoms with Crippen LogP contribution in [0.15, 0.2) is 18.2 Å². The van der Waals surface area contributed by atoms with Gasteiger partial charge in [0, 0.05) is 6.07 Å². The average molecular weight is 249 g/mol. The van der Waals surface area contributed by atoms with Crippen molar-refractivity contribution < 1.29 is 9.47 Å². The zero-order valence-corrected chi connectivity index (χ0v) is 10.5. The topological polar surface area (TPSA) is 74.1 Å². The van der Waals surface area contributed by atoms with Crippen molar-refractivity contribution in [3.63, 3.8) is 0 Å². The lowest BCUT2D eigenvalue weighted by molar-refractivity contribution is 0.395. The number of anilines is 1. The van der Waals surface area contributed by atoms with Gasteiger partial charge in [0.15, 0.2) is 5.82 Å². The van der Waals surface area contributed by atoms with Crippen LogP contribution in [0.3, 0.4) is 0 Å². The van der Waals surface area contributed by atoms with Gasteiger partial charge >= 0.3 is 0 Å². The van der Waals surface area contributed by atoms with Crippen LogP contribution in [0.25, 0.3) is 0 Å². The third kappa shape index (κ3) is 2.68. The van der Waals surface area contributed by atoms with E-state index in [0.717, 1.165) is 11.4 Å². The van der Waals surface area contributed by atoms with Crippen molar-refractivity contribution in [1.82, 2.24) is 20.2 Å². The Labute approximate surface area is 105 Å². The Bertz CT molecular complexity index is 526. The third-order valence-corrected chi connectivity index (χ3v) is 2.40. The summed E-state index contributed by atoms with van der Waals surface area (Å²) in [6.45, 7) is 0.483. The molecule has 0 saturated carbocycles. The Hall–Kier alpha value is -2.31. The minimum absolute atomic E-state index is 0.483. The van der Waals surface area contributed by atoms with E-state index in [0.29, 0.717) is 18.1 Å². The number of nitrogens with one attached hydrogen (secondary N) is 1. The summed E-state index contributed by atoms with van der Waals surface area (Å²) in [6.07, 6.45) is 0. The first kappa shape index (κ1) is 12.2. The quantitative estimate of drug-likeness (QED) is 0.846. The van der Waals surface area contributed by atoms with Crippen molar-refractivity contribution in [2.24, 2.45) is 7.05 Å². The zero-order valence-electron chi connectivity index (χ0n) is 10.5. The molecule has 1 aromatic carbocycles. The van der Waals surface area contributed by atoms with Crippen LogP contribution in [0.2, 0.25) is 0 Å². The fourth-order valence-electron chi connectivity index (χ4n) is 1.51. The zero-order chi connectivity index (χ0) is 13.0. The summed E-state index contributed by atoms with van der Waals surface area (Å²) in [6, 6.07) is 5.55. The first-order valence-corrected chi connectivity index (χ1v) is 5.41. The maximum Gasteiger partial charge on any atom is 0.193 e. The van der Waals surface area contributed by atoms with E-state index in [1.807, 2.05) is 18.2 Å². The van der Waals surface area contributed by atoms with Crippen molar-refractivity contribution in [2.75, 3.05) is 19.5 Å². The van der Waals surface area contributed by atoms with E-state index in [4.69, 9.17) is 9.47 Å². The van der Waals surface area contributed by atoms with Crippen LogP contribution in [0.5, 0.6) is 11.5 Å². The van der Waals surface area contributed by atoms with E-state index in [9.17, 15) is 0 Å². The summed E-state index contributed by atoms with van der Waals surface area (Å²) in [5.41, 5.74) is 0.853. The SMILES string of the molecule is COc1ccc(NCc2nnn(C)n2)c(OC)c1. The fraction of sp³-hybridized carbons (Fsp3) is 0.364. The number of hydrogen-bond acceptors (Lipinski definition) is 6. The standard InChI is InChI=1S/C11H15N5O2/c1-16-14-11(13-15-16)7-12-9-5-4-8(17-2)6-10(9)18-3/h4-6,12H,7H2,1-3H3. The van der Waals surface area contributed by atoms with Crippen molar-refractivity contribution in [2.45, 2.75) is 6.54 Å². The smallest absolute Gasteiger partial charge is 0.193 e. The molecule has 0 aliphatic carbocycles. The van der Waals surface area contributed by atoms with Crippen LogP contribution in [-0.2, 0) is 13.6 Å². The molecule has 0 saturated heterocycles. The normalized spacial score (nSPS) is 10.2. The van der Waals surface area contributed by atoms with E-state index in [1.54, 1.807) is 21.3 Å². The van der Waals surface area contributed by atoms with Crippen LogP contribution in [0, 0.1) is 0 Å². The first-order valence-electron chi connectivity index (χ1n) is 5.41. The molecule has 0 radical (unpaired) electrons. The summed E-state index contributed by atoms with van der Waals surface area (Å²) in [5, 5.41) is 14.9. The molecule has 18 heavy (non-hydrogen) atoms. The molecule has 0 fully saturated rings. The Morgan fingerprint density at radius 2 is 2.11 bits per heavy atom. The molecule has 0 amide bonds. The van der Waals surface area contributed by atoms with Gasteiger partial charge in [-0.25, -0.2) is 0 Å². The van der Waals surface area contributed by atoms with E-state index in [1.165, 1.54) is 4.80 Å². The van der Waals surface area contributed by atoms with Gasteiger partial charge in [0.05, 0.1) is 33.5 Å². The number of methoxy groups -OCH3 is 2. The Morgan fingerprint density at radius 3 is 2.72 bits per heavy atom. The lowest BCUT2D eigenvalue weighted by atomic mass is 10.2. The maximum atomic E-state index is 5.28. The molecule has 1 heterocycles. The fourth-order valence-corrected chi connectivity index (χ4v) is 1.51. The molecule has 0 bridgehead atoms. The van der Waals surface area contributed by atoms with E-state index >= 15 is 0 Å². The molecule has 96 valence electrons. The van der Waals surface area contributed by atoms with Crippen molar-refractivity contribution in [3.8, 4) is 11.5 Å². The molecule has 7 nitrogen and oxygen atoms in total. The molecule has 1 N–H and O–H groups in total.